The third kappa shape index (κ3) is 2.40. The maximum Gasteiger partial charge on any atom is 0.226 e. The molecule has 1 aromatic heterocycles. The van der Waals surface area contributed by atoms with E-state index in [4.69, 9.17) is 4.52 Å². The lowest BCUT2D eigenvalue weighted by Crippen LogP contribution is -1.83. The highest BCUT2D eigenvalue weighted by Gasteiger charge is 2.07. The second kappa shape index (κ2) is 5.06. The van der Waals surface area contributed by atoms with E-state index in [2.05, 4.69) is 34.4 Å². The monoisotopic (exact) mass is 250 g/mol. The van der Waals surface area contributed by atoms with Crippen LogP contribution >= 0.6 is 0 Å². The van der Waals surface area contributed by atoms with E-state index in [1.54, 1.807) is 0 Å². The molecule has 0 aliphatic carbocycles. The second-order valence-electron chi connectivity index (χ2n) is 4.31. The molecule has 0 saturated carbocycles. The molecule has 94 valence electrons. The summed E-state index contributed by atoms with van der Waals surface area (Å²) in [5.74, 6) is 1.32. The lowest BCUT2D eigenvalue weighted by Gasteiger charge is -2.01. The molecule has 1 heterocycles. The summed E-state index contributed by atoms with van der Waals surface area (Å²) in [6.45, 7) is 2.00. The van der Waals surface area contributed by atoms with Gasteiger partial charge in [0, 0.05) is 12.0 Å². The highest BCUT2D eigenvalue weighted by atomic mass is 16.5. The van der Waals surface area contributed by atoms with Crippen molar-refractivity contribution in [3.63, 3.8) is 0 Å². The molecule has 19 heavy (non-hydrogen) atoms. The predicted molar refractivity (Wildman–Crippen MR) is 74.5 cm³/mol. The van der Waals surface area contributed by atoms with Crippen molar-refractivity contribution < 1.29 is 4.52 Å². The van der Waals surface area contributed by atoms with Crippen molar-refractivity contribution in [1.82, 2.24) is 10.1 Å². The lowest BCUT2D eigenvalue weighted by molar-refractivity contribution is 0.383. The van der Waals surface area contributed by atoms with Gasteiger partial charge in [-0.15, -0.1) is 0 Å². The highest BCUT2D eigenvalue weighted by Crippen LogP contribution is 2.23. The van der Waals surface area contributed by atoms with E-state index in [0.717, 1.165) is 12.0 Å². The average Bonchev–Trinajstić information content (AvgIpc) is 2.97. The van der Waals surface area contributed by atoms with E-state index in [9.17, 15) is 0 Å². The second-order valence-corrected chi connectivity index (χ2v) is 4.31. The van der Waals surface area contributed by atoms with Crippen LogP contribution in [0.1, 0.15) is 12.8 Å². The first-order valence-electron chi connectivity index (χ1n) is 6.35. The smallest absolute Gasteiger partial charge is 0.226 e. The van der Waals surface area contributed by atoms with Gasteiger partial charge in [-0.1, -0.05) is 66.7 Å². The third-order valence-electron chi connectivity index (χ3n) is 3.02. The van der Waals surface area contributed by atoms with Crippen LogP contribution in [0, 0.1) is 0 Å². The Hall–Kier alpha value is -2.42. The standard InChI is InChI=1S/C16H14N2O/c1-2-15-17-16(18-19-15)14-10-8-13(9-11-14)12-6-4-3-5-7-12/h3-11H,2H2,1H3. The van der Waals surface area contributed by atoms with Crippen LogP contribution in [0.4, 0.5) is 0 Å². The maximum absolute atomic E-state index is 5.12. The number of benzene rings is 2. The summed E-state index contributed by atoms with van der Waals surface area (Å²) in [6.07, 6.45) is 0.759. The van der Waals surface area contributed by atoms with Crippen molar-refractivity contribution in [2.45, 2.75) is 13.3 Å². The quantitative estimate of drug-likeness (QED) is 0.706. The van der Waals surface area contributed by atoms with Gasteiger partial charge < -0.3 is 4.52 Å². The molecule has 0 N–H and O–H groups in total. The first-order chi connectivity index (χ1) is 9.36. The molecule has 0 atom stereocenters. The first-order valence-corrected chi connectivity index (χ1v) is 6.35. The summed E-state index contributed by atoms with van der Waals surface area (Å²) in [5, 5.41) is 3.97. The fourth-order valence-electron chi connectivity index (χ4n) is 1.96. The van der Waals surface area contributed by atoms with E-state index < -0.39 is 0 Å². The predicted octanol–water partition coefficient (Wildman–Crippen LogP) is 3.97. The average molecular weight is 250 g/mol. The van der Waals surface area contributed by atoms with Gasteiger partial charge in [0.25, 0.3) is 0 Å². The fraction of sp³-hybridized carbons (Fsp3) is 0.125. The van der Waals surface area contributed by atoms with Crippen molar-refractivity contribution in [3.05, 3.63) is 60.5 Å². The molecule has 0 fully saturated rings. The van der Waals surface area contributed by atoms with Crippen LogP contribution < -0.4 is 0 Å². The number of hydrogen-bond donors (Lipinski definition) is 0. The first kappa shape index (κ1) is 11.7. The van der Waals surface area contributed by atoms with E-state index in [0.29, 0.717) is 11.7 Å². The summed E-state index contributed by atoms with van der Waals surface area (Å²) in [7, 11) is 0. The topological polar surface area (TPSA) is 38.9 Å². The van der Waals surface area contributed by atoms with Gasteiger partial charge in [-0.2, -0.15) is 4.98 Å². The Labute approximate surface area is 111 Å². The van der Waals surface area contributed by atoms with Crippen LogP contribution in [0.25, 0.3) is 22.5 Å². The van der Waals surface area contributed by atoms with Crippen molar-refractivity contribution in [2.75, 3.05) is 0 Å². The molecular formula is C16H14N2O. The van der Waals surface area contributed by atoms with Crippen LogP contribution in [0.15, 0.2) is 59.1 Å². The van der Waals surface area contributed by atoms with Crippen LogP contribution in [0.3, 0.4) is 0 Å². The largest absolute Gasteiger partial charge is 0.339 e. The Bertz CT molecular complexity index is 657. The number of hydrogen-bond acceptors (Lipinski definition) is 3. The Morgan fingerprint density at radius 2 is 1.47 bits per heavy atom. The maximum atomic E-state index is 5.12. The SMILES string of the molecule is CCc1nc(-c2ccc(-c3ccccc3)cc2)no1. The van der Waals surface area contributed by atoms with Gasteiger partial charge in [-0.3, -0.25) is 0 Å². The van der Waals surface area contributed by atoms with Crippen LogP contribution in [-0.2, 0) is 6.42 Å². The molecule has 0 spiro atoms. The minimum Gasteiger partial charge on any atom is -0.339 e. The zero-order valence-corrected chi connectivity index (χ0v) is 10.7. The Kier molecular flexibility index (Phi) is 3.11. The molecule has 0 aliphatic heterocycles. The Balaban J connectivity index is 1.90. The molecule has 0 aliphatic rings. The highest BCUT2D eigenvalue weighted by molar-refractivity contribution is 5.67. The number of rotatable bonds is 3. The summed E-state index contributed by atoms with van der Waals surface area (Å²) in [6, 6.07) is 18.5. The van der Waals surface area contributed by atoms with E-state index in [1.165, 1.54) is 11.1 Å². The van der Waals surface area contributed by atoms with Gasteiger partial charge in [0.05, 0.1) is 0 Å². The molecule has 3 aromatic rings. The van der Waals surface area contributed by atoms with Gasteiger partial charge in [0.2, 0.25) is 11.7 Å². The minimum absolute atomic E-state index is 0.650. The van der Waals surface area contributed by atoms with Crippen molar-refractivity contribution in [1.29, 1.82) is 0 Å². The van der Waals surface area contributed by atoms with Crippen molar-refractivity contribution in [3.8, 4) is 22.5 Å². The molecule has 3 rings (SSSR count). The molecule has 2 aromatic carbocycles. The van der Waals surface area contributed by atoms with E-state index in [1.807, 2.05) is 37.3 Å². The number of aryl methyl sites for hydroxylation is 1. The molecule has 0 unspecified atom stereocenters. The summed E-state index contributed by atoms with van der Waals surface area (Å²) in [4.78, 5) is 4.32. The van der Waals surface area contributed by atoms with Gasteiger partial charge in [-0.05, 0) is 11.1 Å². The van der Waals surface area contributed by atoms with Gasteiger partial charge in [-0.25, -0.2) is 0 Å². The summed E-state index contributed by atoms with van der Waals surface area (Å²) in [5.41, 5.74) is 3.36. The molecule has 0 amide bonds. The number of nitrogens with zero attached hydrogens (tertiary/aromatic N) is 2. The van der Waals surface area contributed by atoms with Gasteiger partial charge >= 0.3 is 0 Å². The molecule has 0 radical (unpaired) electrons. The normalized spacial score (nSPS) is 10.6. The van der Waals surface area contributed by atoms with Crippen LogP contribution in [0.5, 0.6) is 0 Å². The molecule has 0 saturated heterocycles. The molecular weight excluding hydrogens is 236 g/mol. The zero-order chi connectivity index (χ0) is 13.1. The molecule has 3 heteroatoms. The van der Waals surface area contributed by atoms with Gasteiger partial charge in [0.1, 0.15) is 0 Å². The lowest BCUT2D eigenvalue weighted by atomic mass is 10.0. The fourth-order valence-corrected chi connectivity index (χ4v) is 1.96. The van der Waals surface area contributed by atoms with Gasteiger partial charge in [0.15, 0.2) is 0 Å². The van der Waals surface area contributed by atoms with Crippen molar-refractivity contribution >= 4 is 0 Å². The van der Waals surface area contributed by atoms with E-state index >= 15 is 0 Å². The third-order valence-corrected chi connectivity index (χ3v) is 3.02. The van der Waals surface area contributed by atoms with Crippen LogP contribution in [-0.4, -0.2) is 10.1 Å². The Morgan fingerprint density at radius 1 is 0.842 bits per heavy atom. The molecule has 0 bridgehead atoms. The Morgan fingerprint density at radius 3 is 2.11 bits per heavy atom. The zero-order valence-electron chi connectivity index (χ0n) is 10.7. The summed E-state index contributed by atoms with van der Waals surface area (Å²) >= 11 is 0. The van der Waals surface area contributed by atoms with E-state index in [-0.39, 0.29) is 0 Å². The minimum atomic E-state index is 0.650. The number of aromatic nitrogens is 2. The van der Waals surface area contributed by atoms with Crippen molar-refractivity contribution in [2.24, 2.45) is 0 Å². The summed E-state index contributed by atoms with van der Waals surface area (Å²) < 4.78 is 5.12. The van der Waals surface area contributed by atoms with Crippen LogP contribution in [0.2, 0.25) is 0 Å². The molecule has 3 nitrogen and oxygen atoms in total.